The standard InChI is InChI=1S/C27H24F3NO3S/c28-27(29,30)26(33)34-25(35-21-14-8-3-9-15-21)23-18-31(17-20-12-6-2-7-13-20)24(32)22(23)16-19-10-4-1-5-11-19/h1-15,22-23,25H,16-18H2/t22-,23-,25?/m0/s1. The number of carbonyl (C=O) groups is 2. The van der Waals surface area contributed by atoms with Gasteiger partial charge in [0, 0.05) is 23.9 Å². The normalized spacial score (nSPS) is 18.9. The van der Waals surface area contributed by atoms with Gasteiger partial charge in [0.15, 0.2) is 5.44 Å². The van der Waals surface area contributed by atoms with Gasteiger partial charge < -0.3 is 9.64 Å². The summed E-state index contributed by atoms with van der Waals surface area (Å²) in [6.07, 6.45) is -4.79. The molecule has 1 saturated heterocycles. The molecule has 1 amide bonds. The lowest BCUT2D eigenvalue weighted by Gasteiger charge is -2.27. The highest BCUT2D eigenvalue weighted by atomic mass is 32.2. The maximum Gasteiger partial charge on any atom is 0.490 e. The number of likely N-dealkylation sites (tertiary alicyclic amines) is 1. The fourth-order valence-corrected chi connectivity index (χ4v) is 5.39. The second-order valence-corrected chi connectivity index (χ2v) is 9.54. The minimum absolute atomic E-state index is 0.163. The van der Waals surface area contributed by atoms with Crippen molar-refractivity contribution in [2.24, 2.45) is 11.8 Å². The number of alkyl halides is 3. The van der Waals surface area contributed by atoms with Crippen molar-refractivity contribution in [1.82, 2.24) is 4.90 Å². The summed E-state index contributed by atoms with van der Waals surface area (Å²) < 4.78 is 44.5. The van der Waals surface area contributed by atoms with Crippen LogP contribution in [-0.4, -0.2) is 34.9 Å². The molecule has 1 aliphatic heterocycles. The molecular formula is C27H24F3NO3S. The fraction of sp³-hybridized carbons (Fsp3) is 0.259. The van der Waals surface area contributed by atoms with Gasteiger partial charge in [-0.25, -0.2) is 4.79 Å². The van der Waals surface area contributed by atoms with E-state index in [4.69, 9.17) is 4.74 Å². The van der Waals surface area contributed by atoms with Crippen molar-refractivity contribution in [3.8, 4) is 0 Å². The molecule has 3 atom stereocenters. The third-order valence-electron chi connectivity index (χ3n) is 5.89. The van der Waals surface area contributed by atoms with Gasteiger partial charge in [0.25, 0.3) is 0 Å². The predicted molar refractivity (Wildman–Crippen MR) is 127 cm³/mol. The first kappa shape index (κ1) is 24.9. The van der Waals surface area contributed by atoms with Crippen LogP contribution in [0.2, 0.25) is 0 Å². The summed E-state index contributed by atoms with van der Waals surface area (Å²) in [6.45, 7) is 0.512. The van der Waals surface area contributed by atoms with Crippen LogP contribution in [0.1, 0.15) is 11.1 Å². The number of nitrogens with zero attached hydrogens (tertiary/aromatic N) is 1. The van der Waals surface area contributed by atoms with Crippen LogP contribution in [0.15, 0.2) is 95.9 Å². The number of halogens is 3. The van der Waals surface area contributed by atoms with E-state index in [0.717, 1.165) is 22.9 Å². The second-order valence-electron chi connectivity index (χ2n) is 8.37. The van der Waals surface area contributed by atoms with Gasteiger partial charge in [-0.3, -0.25) is 4.79 Å². The first-order valence-electron chi connectivity index (χ1n) is 11.2. The lowest BCUT2D eigenvalue weighted by Crippen LogP contribution is -2.36. The van der Waals surface area contributed by atoms with Crippen LogP contribution in [0.5, 0.6) is 0 Å². The molecule has 8 heteroatoms. The summed E-state index contributed by atoms with van der Waals surface area (Å²) in [5, 5.41) is 0. The summed E-state index contributed by atoms with van der Waals surface area (Å²) in [4.78, 5) is 27.7. The number of thioether (sulfide) groups is 1. The number of carbonyl (C=O) groups excluding carboxylic acids is 2. The summed E-state index contributed by atoms with van der Waals surface area (Å²) in [7, 11) is 0. The minimum Gasteiger partial charge on any atom is -0.444 e. The molecular weight excluding hydrogens is 475 g/mol. The van der Waals surface area contributed by atoms with Crippen LogP contribution in [0.25, 0.3) is 0 Å². The molecule has 3 aromatic carbocycles. The molecule has 1 aliphatic rings. The topological polar surface area (TPSA) is 46.6 Å². The van der Waals surface area contributed by atoms with Gasteiger partial charge in [0.05, 0.1) is 5.92 Å². The summed E-state index contributed by atoms with van der Waals surface area (Å²) in [6, 6.07) is 27.5. The molecule has 3 aromatic rings. The van der Waals surface area contributed by atoms with Crippen LogP contribution >= 0.6 is 11.8 Å². The molecule has 35 heavy (non-hydrogen) atoms. The molecule has 0 N–H and O–H groups in total. The van der Waals surface area contributed by atoms with Gasteiger partial charge in [0.1, 0.15) is 0 Å². The highest BCUT2D eigenvalue weighted by Crippen LogP contribution is 2.40. The highest BCUT2D eigenvalue weighted by Gasteiger charge is 2.49. The van der Waals surface area contributed by atoms with Crippen LogP contribution in [0.4, 0.5) is 13.2 Å². The largest absolute Gasteiger partial charge is 0.490 e. The zero-order chi connectivity index (χ0) is 24.8. The predicted octanol–water partition coefficient (Wildman–Crippen LogP) is 5.73. The lowest BCUT2D eigenvalue weighted by molar-refractivity contribution is -0.203. The number of hydrogen-bond donors (Lipinski definition) is 0. The van der Waals surface area contributed by atoms with Crippen molar-refractivity contribution in [3.05, 3.63) is 102 Å². The molecule has 0 spiro atoms. The average molecular weight is 500 g/mol. The molecule has 4 nitrogen and oxygen atoms in total. The van der Waals surface area contributed by atoms with Crippen molar-refractivity contribution in [2.45, 2.75) is 29.5 Å². The van der Waals surface area contributed by atoms with E-state index >= 15 is 0 Å². The summed E-state index contributed by atoms with van der Waals surface area (Å²) in [5.74, 6) is -3.69. The Bertz CT molecular complexity index is 1130. The zero-order valence-electron chi connectivity index (χ0n) is 18.7. The molecule has 182 valence electrons. The van der Waals surface area contributed by atoms with E-state index in [2.05, 4.69) is 0 Å². The Morgan fingerprint density at radius 3 is 2.03 bits per heavy atom. The molecule has 0 saturated carbocycles. The molecule has 1 unspecified atom stereocenters. The van der Waals surface area contributed by atoms with Crippen molar-refractivity contribution in [2.75, 3.05) is 6.54 Å². The van der Waals surface area contributed by atoms with E-state index in [1.54, 1.807) is 35.2 Å². The molecule has 4 rings (SSSR count). The Morgan fingerprint density at radius 1 is 0.914 bits per heavy atom. The summed E-state index contributed by atoms with van der Waals surface area (Å²) in [5.41, 5.74) is 0.618. The molecule has 1 fully saturated rings. The van der Waals surface area contributed by atoms with Crippen molar-refractivity contribution in [1.29, 1.82) is 0 Å². The Morgan fingerprint density at radius 2 is 1.46 bits per heavy atom. The van der Waals surface area contributed by atoms with E-state index in [1.807, 2.05) is 60.7 Å². The molecule has 0 radical (unpaired) electrons. The monoisotopic (exact) mass is 499 g/mol. The van der Waals surface area contributed by atoms with Crippen LogP contribution in [0, 0.1) is 11.8 Å². The van der Waals surface area contributed by atoms with Crippen molar-refractivity contribution in [3.63, 3.8) is 0 Å². The quantitative estimate of drug-likeness (QED) is 0.226. The molecule has 0 aromatic heterocycles. The van der Waals surface area contributed by atoms with E-state index in [0.29, 0.717) is 17.9 Å². The Balaban J connectivity index is 1.65. The lowest BCUT2D eigenvalue weighted by atomic mass is 9.89. The fourth-order valence-electron chi connectivity index (χ4n) is 4.22. The van der Waals surface area contributed by atoms with Crippen LogP contribution in [-0.2, 0) is 27.3 Å². The first-order chi connectivity index (χ1) is 16.8. The Labute approximate surface area is 206 Å². The van der Waals surface area contributed by atoms with E-state index < -0.39 is 29.4 Å². The minimum atomic E-state index is -5.13. The number of amides is 1. The number of esters is 1. The maximum absolute atomic E-state index is 13.5. The second kappa shape index (κ2) is 11.0. The van der Waals surface area contributed by atoms with E-state index in [9.17, 15) is 22.8 Å². The first-order valence-corrected chi connectivity index (χ1v) is 12.1. The van der Waals surface area contributed by atoms with Gasteiger partial charge in [-0.1, -0.05) is 90.6 Å². The van der Waals surface area contributed by atoms with E-state index in [1.165, 1.54) is 0 Å². The SMILES string of the molecule is O=C1[C@@H](Cc2ccccc2)[C@@H](C(OC(=O)C(F)(F)F)Sc2ccccc2)CN1Cc1ccccc1. The number of rotatable bonds is 8. The summed E-state index contributed by atoms with van der Waals surface area (Å²) >= 11 is 1.03. The van der Waals surface area contributed by atoms with Gasteiger partial charge in [0.2, 0.25) is 5.91 Å². The molecule has 1 heterocycles. The number of hydrogen-bond acceptors (Lipinski definition) is 4. The smallest absolute Gasteiger partial charge is 0.444 e. The molecule has 0 aliphatic carbocycles. The third kappa shape index (κ3) is 6.45. The van der Waals surface area contributed by atoms with Crippen molar-refractivity contribution >= 4 is 23.6 Å². The van der Waals surface area contributed by atoms with E-state index in [-0.39, 0.29) is 12.5 Å². The third-order valence-corrected chi connectivity index (χ3v) is 7.11. The van der Waals surface area contributed by atoms with Gasteiger partial charge in [-0.05, 0) is 29.7 Å². The van der Waals surface area contributed by atoms with Crippen LogP contribution < -0.4 is 0 Å². The maximum atomic E-state index is 13.5. The van der Waals surface area contributed by atoms with Gasteiger partial charge in [-0.2, -0.15) is 13.2 Å². The number of benzene rings is 3. The average Bonchev–Trinajstić information content (AvgIpc) is 3.15. The Kier molecular flexibility index (Phi) is 7.80. The van der Waals surface area contributed by atoms with Gasteiger partial charge >= 0.3 is 12.1 Å². The molecule has 0 bridgehead atoms. The van der Waals surface area contributed by atoms with Gasteiger partial charge in [-0.15, -0.1) is 0 Å². The highest BCUT2D eigenvalue weighted by molar-refractivity contribution is 7.99. The zero-order valence-corrected chi connectivity index (χ0v) is 19.5. The Hall–Kier alpha value is -3.26. The van der Waals surface area contributed by atoms with Crippen molar-refractivity contribution < 1.29 is 27.5 Å². The number of ether oxygens (including phenoxy) is 1. The van der Waals surface area contributed by atoms with Crippen LogP contribution in [0.3, 0.4) is 0 Å².